The van der Waals surface area contributed by atoms with Crippen molar-refractivity contribution in [1.82, 2.24) is 9.80 Å². The fraction of sp³-hybridized carbons (Fsp3) is 0.393. The number of hydrogen-bond acceptors (Lipinski definition) is 2. The smallest absolute Gasteiger partial charge is 0.254 e. The molecule has 2 saturated heterocycles. The molecule has 5 rings (SSSR count). The highest BCUT2D eigenvalue weighted by Gasteiger charge is 2.30. The number of fused-ring (bicyclic) bond motifs is 1. The van der Waals surface area contributed by atoms with Crippen LogP contribution in [-0.4, -0.2) is 48.4 Å². The van der Waals surface area contributed by atoms with Gasteiger partial charge in [-0.05, 0) is 73.0 Å². The molecule has 0 spiro atoms. The van der Waals surface area contributed by atoms with Crippen molar-refractivity contribution < 1.29 is 4.79 Å². The predicted octanol–water partition coefficient (Wildman–Crippen LogP) is 5.26. The molecule has 0 saturated carbocycles. The minimum Gasteiger partial charge on any atom is -0.338 e. The summed E-state index contributed by atoms with van der Waals surface area (Å²) >= 11 is 0. The van der Waals surface area contributed by atoms with E-state index in [4.69, 9.17) is 0 Å². The number of carbonyl (C=O) groups excluding carboxylic acids is 1. The Hall–Kier alpha value is -2.65. The van der Waals surface area contributed by atoms with E-state index in [1.54, 1.807) is 0 Å². The van der Waals surface area contributed by atoms with Gasteiger partial charge >= 0.3 is 0 Å². The van der Waals surface area contributed by atoms with Gasteiger partial charge in [-0.3, -0.25) is 4.79 Å². The molecule has 1 amide bonds. The van der Waals surface area contributed by atoms with E-state index >= 15 is 0 Å². The van der Waals surface area contributed by atoms with Crippen LogP contribution >= 0.6 is 0 Å². The normalized spacial score (nSPS) is 20.4. The predicted molar refractivity (Wildman–Crippen MR) is 127 cm³/mol. The Balaban J connectivity index is 1.13. The highest BCUT2D eigenvalue weighted by Crippen LogP contribution is 2.26. The fourth-order valence-corrected chi connectivity index (χ4v) is 5.43. The Morgan fingerprint density at radius 3 is 2.32 bits per heavy atom. The van der Waals surface area contributed by atoms with Crippen LogP contribution in [0.2, 0.25) is 0 Å². The largest absolute Gasteiger partial charge is 0.338 e. The summed E-state index contributed by atoms with van der Waals surface area (Å²) in [6.45, 7) is 5.32. The number of piperidine rings is 1. The van der Waals surface area contributed by atoms with Gasteiger partial charge in [0.2, 0.25) is 0 Å². The fourth-order valence-electron chi connectivity index (χ4n) is 5.43. The van der Waals surface area contributed by atoms with Crippen molar-refractivity contribution in [2.75, 3.05) is 32.7 Å². The van der Waals surface area contributed by atoms with Crippen molar-refractivity contribution in [3.63, 3.8) is 0 Å². The molecule has 0 N–H and O–H groups in total. The van der Waals surface area contributed by atoms with Crippen LogP contribution in [0.3, 0.4) is 0 Å². The summed E-state index contributed by atoms with van der Waals surface area (Å²) in [5.74, 6) is 1.61. The second kappa shape index (κ2) is 9.23. The molecule has 0 aromatic heterocycles. The molecule has 2 aliphatic rings. The van der Waals surface area contributed by atoms with Crippen molar-refractivity contribution in [3.8, 4) is 0 Å². The highest BCUT2D eigenvalue weighted by molar-refractivity contribution is 6.07. The minimum absolute atomic E-state index is 0.195. The number of amides is 1. The average molecular weight is 413 g/mol. The Morgan fingerprint density at radius 2 is 1.48 bits per heavy atom. The van der Waals surface area contributed by atoms with Crippen molar-refractivity contribution >= 4 is 16.7 Å². The van der Waals surface area contributed by atoms with E-state index in [2.05, 4.69) is 58.3 Å². The molecular weight excluding hydrogens is 380 g/mol. The third kappa shape index (κ3) is 4.67. The zero-order chi connectivity index (χ0) is 21.0. The SMILES string of the molecule is O=C(c1cccc2ccccc12)N1CCC(CN2CCC(Cc3ccccc3)CC2)C1. The maximum atomic E-state index is 13.2. The van der Waals surface area contributed by atoms with E-state index < -0.39 is 0 Å². The monoisotopic (exact) mass is 412 g/mol. The Bertz CT molecular complexity index is 1020. The van der Waals surface area contributed by atoms with Gasteiger partial charge in [-0.15, -0.1) is 0 Å². The van der Waals surface area contributed by atoms with Crippen LogP contribution in [0, 0.1) is 11.8 Å². The van der Waals surface area contributed by atoms with E-state index in [0.717, 1.165) is 48.3 Å². The van der Waals surface area contributed by atoms with Gasteiger partial charge in [0.1, 0.15) is 0 Å². The van der Waals surface area contributed by atoms with Crippen LogP contribution in [0.25, 0.3) is 10.8 Å². The molecule has 31 heavy (non-hydrogen) atoms. The van der Waals surface area contributed by atoms with Crippen LogP contribution in [0.4, 0.5) is 0 Å². The standard InChI is InChI=1S/C28H32N2O/c31-28(27-12-6-10-25-9-4-5-11-26(25)27)30-18-15-24(21-30)20-29-16-13-23(14-17-29)19-22-7-2-1-3-8-22/h1-12,23-24H,13-21H2. The first kappa shape index (κ1) is 20.3. The molecule has 3 aromatic carbocycles. The lowest BCUT2D eigenvalue weighted by Gasteiger charge is -2.33. The Kier molecular flexibility index (Phi) is 6.04. The van der Waals surface area contributed by atoms with Gasteiger partial charge in [-0.1, -0.05) is 66.7 Å². The summed E-state index contributed by atoms with van der Waals surface area (Å²) in [7, 11) is 0. The maximum Gasteiger partial charge on any atom is 0.254 e. The summed E-state index contributed by atoms with van der Waals surface area (Å²) in [5, 5.41) is 2.21. The van der Waals surface area contributed by atoms with Crippen molar-refractivity contribution in [2.24, 2.45) is 11.8 Å². The second-order valence-corrected chi connectivity index (χ2v) is 9.37. The molecule has 0 aliphatic carbocycles. The van der Waals surface area contributed by atoms with E-state index in [0.29, 0.717) is 5.92 Å². The number of hydrogen-bond donors (Lipinski definition) is 0. The van der Waals surface area contributed by atoms with Crippen molar-refractivity contribution in [1.29, 1.82) is 0 Å². The van der Waals surface area contributed by atoms with Gasteiger partial charge in [0, 0.05) is 25.2 Å². The van der Waals surface area contributed by atoms with Crippen LogP contribution in [-0.2, 0) is 6.42 Å². The Morgan fingerprint density at radius 1 is 0.774 bits per heavy atom. The van der Waals surface area contributed by atoms with Crippen molar-refractivity contribution in [3.05, 3.63) is 83.9 Å². The highest BCUT2D eigenvalue weighted by atomic mass is 16.2. The molecule has 2 aliphatic heterocycles. The zero-order valence-electron chi connectivity index (χ0n) is 18.2. The first-order valence-corrected chi connectivity index (χ1v) is 11.8. The number of benzene rings is 3. The lowest BCUT2D eigenvalue weighted by molar-refractivity contribution is 0.0783. The minimum atomic E-state index is 0.195. The average Bonchev–Trinajstić information content (AvgIpc) is 3.29. The molecule has 3 heteroatoms. The molecule has 1 unspecified atom stereocenters. The van der Waals surface area contributed by atoms with Crippen LogP contribution in [0.5, 0.6) is 0 Å². The van der Waals surface area contributed by atoms with Gasteiger partial charge in [-0.2, -0.15) is 0 Å². The first-order chi connectivity index (χ1) is 15.3. The molecule has 3 aromatic rings. The summed E-state index contributed by atoms with van der Waals surface area (Å²) < 4.78 is 0. The molecule has 1 atom stereocenters. The van der Waals surface area contributed by atoms with Crippen LogP contribution in [0.15, 0.2) is 72.8 Å². The van der Waals surface area contributed by atoms with Gasteiger partial charge in [0.15, 0.2) is 0 Å². The van der Waals surface area contributed by atoms with Gasteiger partial charge in [0.05, 0.1) is 0 Å². The van der Waals surface area contributed by atoms with Gasteiger partial charge in [0.25, 0.3) is 5.91 Å². The summed E-state index contributed by atoms with van der Waals surface area (Å²) in [6.07, 6.45) is 4.92. The van der Waals surface area contributed by atoms with Gasteiger partial charge in [-0.25, -0.2) is 0 Å². The molecule has 3 nitrogen and oxygen atoms in total. The lowest BCUT2D eigenvalue weighted by atomic mass is 9.90. The van der Waals surface area contributed by atoms with Crippen LogP contribution < -0.4 is 0 Å². The Labute approximate surface area is 185 Å². The van der Waals surface area contributed by atoms with E-state index in [1.165, 1.54) is 37.9 Å². The topological polar surface area (TPSA) is 23.6 Å². The third-order valence-electron chi connectivity index (χ3n) is 7.18. The zero-order valence-corrected chi connectivity index (χ0v) is 18.2. The molecule has 2 heterocycles. The lowest BCUT2D eigenvalue weighted by Crippen LogP contribution is -2.38. The number of carbonyl (C=O) groups is 1. The third-order valence-corrected chi connectivity index (χ3v) is 7.18. The van der Waals surface area contributed by atoms with E-state index in [1.807, 2.05) is 24.3 Å². The quantitative estimate of drug-likeness (QED) is 0.571. The summed E-state index contributed by atoms with van der Waals surface area (Å²) in [4.78, 5) is 17.9. The molecular formula is C28H32N2O. The summed E-state index contributed by atoms with van der Waals surface area (Å²) in [5.41, 5.74) is 2.32. The molecule has 0 bridgehead atoms. The van der Waals surface area contributed by atoms with Crippen molar-refractivity contribution in [2.45, 2.75) is 25.7 Å². The number of nitrogens with zero attached hydrogens (tertiary/aromatic N) is 2. The second-order valence-electron chi connectivity index (χ2n) is 9.37. The number of likely N-dealkylation sites (tertiary alicyclic amines) is 2. The maximum absolute atomic E-state index is 13.2. The first-order valence-electron chi connectivity index (χ1n) is 11.8. The number of rotatable bonds is 5. The molecule has 160 valence electrons. The van der Waals surface area contributed by atoms with E-state index in [-0.39, 0.29) is 5.91 Å². The molecule has 2 fully saturated rings. The molecule has 0 radical (unpaired) electrons. The van der Waals surface area contributed by atoms with Gasteiger partial charge < -0.3 is 9.80 Å². The summed E-state index contributed by atoms with van der Waals surface area (Å²) in [6, 6.07) is 25.2. The van der Waals surface area contributed by atoms with E-state index in [9.17, 15) is 4.79 Å². The van der Waals surface area contributed by atoms with Crippen LogP contribution in [0.1, 0.15) is 35.2 Å².